The van der Waals surface area contributed by atoms with Crippen LogP contribution in [0.4, 0.5) is 5.69 Å². The van der Waals surface area contributed by atoms with Gasteiger partial charge < -0.3 is 10.1 Å². The molecule has 1 atom stereocenters. The Morgan fingerprint density at radius 1 is 1.13 bits per heavy atom. The van der Waals surface area contributed by atoms with E-state index in [2.05, 4.69) is 26.6 Å². The van der Waals surface area contributed by atoms with Crippen LogP contribution in [0.15, 0.2) is 77.3 Å². The molecule has 0 bridgehead atoms. The first-order valence-electron chi connectivity index (χ1n) is 9.31. The van der Waals surface area contributed by atoms with Crippen molar-refractivity contribution in [3.63, 3.8) is 0 Å². The van der Waals surface area contributed by atoms with Gasteiger partial charge in [0.2, 0.25) is 11.1 Å². The maximum absolute atomic E-state index is 13.1. The molecule has 0 aliphatic carbocycles. The topological polar surface area (TPSA) is 79.9 Å². The number of hydrogen-bond acceptors (Lipinski definition) is 6. The fourth-order valence-corrected chi connectivity index (χ4v) is 4.52. The third-order valence-electron chi connectivity index (χ3n) is 4.35. The van der Waals surface area contributed by atoms with E-state index in [1.54, 1.807) is 18.4 Å². The zero-order chi connectivity index (χ0) is 20.8. The molecule has 2 aromatic heterocycles. The molecule has 0 aliphatic heterocycles. The molecule has 8 heteroatoms. The second kappa shape index (κ2) is 9.60. The number of carbonyl (C=O) groups is 1. The van der Waals surface area contributed by atoms with Gasteiger partial charge in [0, 0.05) is 17.0 Å². The lowest BCUT2D eigenvalue weighted by atomic mass is 10.1. The Kier molecular flexibility index (Phi) is 6.46. The molecule has 2 N–H and O–H groups in total. The molecule has 2 heterocycles. The van der Waals surface area contributed by atoms with Crippen LogP contribution in [0.1, 0.15) is 21.5 Å². The molecule has 1 unspecified atom stereocenters. The van der Waals surface area contributed by atoms with Crippen molar-refractivity contribution in [2.24, 2.45) is 0 Å². The number of aromatic amines is 1. The second-order valence-electron chi connectivity index (χ2n) is 6.45. The van der Waals surface area contributed by atoms with E-state index in [9.17, 15) is 4.79 Å². The number of carbonyl (C=O) groups excluding carboxylic acids is 1. The molecule has 4 rings (SSSR count). The molecular weight excluding hydrogens is 416 g/mol. The van der Waals surface area contributed by atoms with Gasteiger partial charge in [0.05, 0.1) is 7.11 Å². The normalized spacial score (nSPS) is 11.8. The number of thioether (sulfide) groups is 1. The van der Waals surface area contributed by atoms with Crippen molar-refractivity contribution in [2.45, 2.75) is 16.8 Å². The Labute approximate surface area is 182 Å². The molecule has 30 heavy (non-hydrogen) atoms. The molecular formula is C22H20N4O2S2. The maximum Gasteiger partial charge on any atom is 0.242 e. The molecule has 4 aromatic rings. The van der Waals surface area contributed by atoms with Gasteiger partial charge >= 0.3 is 0 Å². The predicted molar refractivity (Wildman–Crippen MR) is 120 cm³/mol. The van der Waals surface area contributed by atoms with Crippen LogP contribution in [-0.4, -0.2) is 28.2 Å². The molecule has 0 radical (unpaired) electrons. The number of aromatic nitrogens is 3. The van der Waals surface area contributed by atoms with E-state index < -0.39 is 5.25 Å². The van der Waals surface area contributed by atoms with Gasteiger partial charge in [-0.25, -0.2) is 4.98 Å². The Bertz CT molecular complexity index is 1080. The van der Waals surface area contributed by atoms with Crippen LogP contribution in [-0.2, 0) is 11.2 Å². The number of ether oxygens (including phenoxy) is 1. The van der Waals surface area contributed by atoms with Crippen LogP contribution in [0.25, 0.3) is 0 Å². The van der Waals surface area contributed by atoms with Gasteiger partial charge in [-0.15, -0.1) is 16.4 Å². The summed E-state index contributed by atoms with van der Waals surface area (Å²) < 4.78 is 5.17. The highest BCUT2D eigenvalue weighted by Gasteiger charge is 2.24. The Morgan fingerprint density at radius 3 is 2.63 bits per heavy atom. The first-order chi connectivity index (χ1) is 14.7. The number of rotatable bonds is 8. The lowest BCUT2D eigenvalue weighted by molar-refractivity contribution is -0.115. The van der Waals surface area contributed by atoms with Crippen LogP contribution in [0.5, 0.6) is 5.75 Å². The first kappa shape index (κ1) is 20.2. The summed E-state index contributed by atoms with van der Waals surface area (Å²) in [7, 11) is 1.61. The van der Waals surface area contributed by atoms with Gasteiger partial charge in [-0.3, -0.25) is 9.89 Å². The third kappa shape index (κ3) is 5.08. The minimum Gasteiger partial charge on any atom is -0.497 e. The zero-order valence-corrected chi connectivity index (χ0v) is 17.9. The van der Waals surface area contributed by atoms with Crippen molar-refractivity contribution in [2.75, 3.05) is 12.4 Å². The lowest BCUT2D eigenvalue weighted by Gasteiger charge is -2.15. The number of hydrogen-bond donors (Lipinski definition) is 2. The van der Waals surface area contributed by atoms with Gasteiger partial charge in [0.1, 0.15) is 16.8 Å². The minimum absolute atomic E-state index is 0.138. The van der Waals surface area contributed by atoms with Crippen LogP contribution in [0.3, 0.4) is 0 Å². The fraction of sp³-hybridized carbons (Fsp3) is 0.136. The van der Waals surface area contributed by atoms with Crippen molar-refractivity contribution in [3.8, 4) is 5.75 Å². The summed E-state index contributed by atoms with van der Waals surface area (Å²) in [5, 5.41) is 12.4. The maximum atomic E-state index is 13.1. The molecule has 0 spiro atoms. The zero-order valence-electron chi connectivity index (χ0n) is 16.2. The summed E-state index contributed by atoms with van der Waals surface area (Å²) in [6.07, 6.45) is 0.694. The van der Waals surface area contributed by atoms with Crippen molar-refractivity contribution < 1.29 is 9.53 Å². The third-order valence-corrected chi connectivity index (χ3v) is 6.35. The first-order valence-corrected chi connectivity index (χ1v) is 11.1. The number of anilines is 1. The molecule has 0 aliphatic rings. The Balaban J connectivity index is 1.51. The molecule has 2 aromatic carbocycles. The minimum atomic E-state index is -0.487. The smallest absolute Gasteiger partial charge is 0.242 e. The lowest BCUT2D eigenvalue weighted by Crippen LogP contribution is -2.19. The van der Waals surface area contributed by atoms with Gasteiger partial charge in [-0.2, -0.15) is 0 Å². The SMILES string of the molecule is COc1ccc(NC(=O)C(Sc2n[nH]c(Cc3cccs3)n2)c2ccccc2)cc1. The van der Waals surface area contributed by atoms with E-state index in [0.717, 1.165) is 17.1 Å². The van der Waals surface area contributed by atoms with E-state index >= 15 is 0 Å². The average molecular weight is 437 g/mol. The summed E-state index contributed by atoms with van der Waals surface area (Å²) in [5.41, 5.74) is 1.59. The van der Waals surface area contributed by atoms with E-state index in [-0.39, 0.29) is 5.91 Å². The van der Waals surface area contributed by atoms with E-state index in [4.69, 9.17) is 4.74 Å². The van der Waals surface area contributed by atoms with Crippen LogP contribution >= 0.6 is 23.1 Å². The number of H-pyrrole nitrogens is 1. The highest BCUT2D eigenvalue weighted by atomic mass is 32.2. The number of nitrogens with one attached hydrogen (secondary N) is 2. The van der Waals surface area contributed by atoms with Crippen molar-refractivity contribution in [1.29, 1.82) is 0 Å². The molecule has 0 saturated carbocycles. The van der Waals surface area contributed by atoms with Crippen molar-refractivity contribution in [1.82, 2.24) is 15.2 Å². The van der Waals surface area contributed by atoms with E-state index in [1.165, 1.54) is 16.6 Å². The monoisotopic (exact) mass is 436 g/mol. The van der Waals surface area contributed by atoms with E-state index in [1.807, 2.05) is 66.0 Å². The van der Waals surface area contributed by atoms with Crippen LogP contribution in [0, 0.1) is 0 Å². The fourth-order valence-electron chi connectivity index (χ4n) is 2.88. The van der Waals surface area contributed by atoms with Crippen LogP contribution < -0.4 is 10.1 Å². The van der Waals surface area contributed by atoms with Gasteiger partial charge in [-0.05, 0) is 41.3 Å². The Hall–Kier alpha value is -3.10. The van der Waals surface area contributed by atoms with Gasteiger partial charge in [0.25, 0.3) is 0 Å². The number of benzene rings is 2. The summed E-state index contributed by atoms with van der Waals surface area (Å²) in [4.78, 5) is 18.9. The molecule has 0 saturated heterocycles. The van der Waals surface area contributed by atoms with Gasteiger partial charge in [0.15, 0.2) is 0 Å². The number of methoxy groups -OCH3 is 1. The molecule has 6 nitrogen and oxygen atoms in total. The highest BCUT2D eigenvalue weighted by Crippen LogP contribution is 2.34. The second-order valence-corrected chi connectivity index (χ2v) is 8.55. The Morgan fingerprint density at radius 2 is 1.93 bits per heavy atom. The van der Waals surface area contributed by atoms with Crippen molar-refractivity contribution in [3.05, 3.63) is 88.4 Å². The summed E-state index contributed by atoms with van der Waals surface area (Å²) in [6, 6.07) is 21.0. The summed E-state index contributed by atoms with van der Waals surface area (Å²) in [5.74, 6) is 1.38. The summed E-state index contributed by atoms with van der Waals surface area (Å²) >= 11 is 3.00. The molecule has 152 valence electrons. The van der Waals surface area contributed by atoms with Gasteiger partial charge in [-0.1, -0.05) is 48.2 Å². The average Bonchev–Trinajstić information content (AvgIpc) is 3.45. The number of nitrogens with zero attached hydrogens (tertiary/aromatic N) is 2. The quantitative estimate of drug-likeness (QED) is 0.383. The number of thiophene rings is 1. The largest absolute Gasteiger partial charge is 0.497 e. The number of amides is 1. The predicted octanol–water partition coefficient (Wildman–Crippen LogP) is 4.94. The summed E-state index contributed by atoms with van der Waals surface area (Å²) in [6.45, 7) is 0. The molecule has 0 fully saturated rings. The van der Waals surface area contributed by atoms with Crippen molar-refractivity contribution >= 4 is 34.7 Å². The van der Waals surface area contributed by atoms with Crippen LogP contribution in [0.2, 0.25) is 0 Å². The molecule has 1 amide bonds. The highest BCUT2D eigenvalue weighted by molar-refractivity contribution is 8.00. The van der Waals surface area contributed by atoms with E-state index in [0.29, 0.717) is 17.3 Å². The standard InChI is InChI=1S/C22H20N4O2S2/c1-28-17-11-9-16(10-12-17)23-21(27)20(15-6-3-2-4-7-15)30-22-24-19(25-26-22)14-18-8-5-13-29-18/h2-13,20H,14H2,1H3,(H,23,27)(H,24,25,26).